The first-order valence-electron chi connectivity index (χ1n) is 8.64. The fraction of sp³-hybridized carbons (Fsp3) is 0. The van der Waals surface area contributed by atoms with E-state index in [0.717, 1.165) is 0 Å². The molecule has 0 saturated carbocycles. The molecule has 0 aliphatic rings. The Morgan fingerprint density at radius 1 is 1.10 bits per heavy atom. The zero-order valence-electron chi connectivity index (χ0n) is 15.3. The molecule has 2 aromatic carbocycles. The number of benzene rings is 2. The van der Waals surface area contributed by atoms with Gasteiger partial charge < -0.3 is 16.2 Å². The molecule has 0 aliphatic carbocycles. The van der Waals surface area contributed by atoms with Crippen molar-refractivity contribution in [2.45, 2.75) is 0 Å². The highest BCUT2D eigenvalue weighted by molar-refractivity contribution is 6.34. The third kappa shape index (κ3) is 3.53. The summed E-state index contributed by atoms with van der Waals surface area (Å²) in [7, 11) is 0. The maximum atomic E-state index is 14.8. The molecule has 4 N–H and O–H groups in total. The smallest absolute Gasteiger partial charge is 0.271 e. The van der Waals surface area contributed by atoms with Crippen LogP contribution < -0.4 is 16.2 Å². The van der Waals surface area contributed by atoms with Gasteiger partial charge in [-0.1, -0.05) is 35.0 Å². The number of pyridine rings is 1. The van der Waals surface area contributed by atoms with E-state index in [1.165, 1.54) is 29.1 Å². The largest absolute Gasteiger partial charge is 0.453 e. The Labute approximate surface area is 174 Å². The molecular formula is C20H14ClFN6O2. The van der Waals surface area contributed by atoms with Gasteiger partial charge in [0.15, 0.2) is 23.0 Å². The molecule has 30 heavy (non-hydrogen) atoms. The van der Waals surface area contributed by atoms with Crippen LogP contribution >= 0.6 is 11.6 Å². The van der Waals surface area contributed by atoms with Crippen LogP contribution in [-0.4, -0.2) is 25.9 Å². The van der Waals surface area contributed by atoms with Crippen molar-refractivity contribution in [2.75, 3.05) is 5.73 Å². The molecule has 0 fully saturated rings. The molecule has 0 bridgehead atoms. The Kier molecular flexibility index (Phi) is 5.03. The molecule has 4 aromatic rings. The van der Waals surface area contributed by atoms with Crippen molar-refractivity contribution in [3.05, 3.63) is 77.3 Å². The number of hydrogen-bond acceptors (Lipinski definition) is 6. The third-order valence-corrected chi connectivity index (χ3v) is 4.59. The van der Waals surface area contributed by atoms with Gasteiger partial charge in [-0.05, 0) is 30.3 Å². The van der Waals surface area contributed by atoms with Crippen LogP contribution in [0.3, 0.4) is 0 Å². The predicted octanol–water partition coefficient (Wildman–Crippen LogP) is 3.60. The highest BCUT2D eigenvalue weighted by Gasteiger charge is 2.22. The van der Waals surface area contributed by atoms with Crippen molar-refractivity contribution in [1.82, 2.24) is 20.0 Å². The van der Waals surface area contributed by atoms with Crippen LogP contribution in [0.2, 0.25) is 5.02 Å². The van der Waals surface area contributed by atoms with E-state index in [1.807, 2.05) is 6.07 Å². The second kappa shape index (κ2) is 7.80. The van der Waals surface area contributed by atoms with E-state index >= 15 is 0 Å². The van der Waals surface area contributed by atoms with E-state index in [9.17, 15) is 9.18 Å². The molecule has 0 unspecified atom stereocenters. The first-order chi connectivity index (χ1) is 14.5. The molecule has 2 aromatic heterocycles. The van der Waals surface area contributed by atoms with Crippen molar-refractivity contribution in [2.24, 2.45) is 5.73 Å². The lowest BCUT2D eigenvalue weighted by Gasteiger charge is -2.11. The van der Waals surface area contributed by atoms with Gasteiger partial charge in [0.25, 0.3) is 5.91 Å². The first kappa shape index (κ1) is 19.3. The average Bonchev–Trinajstić information content (AvgIpc) is 3.19. The number of ether oxygens (including phenoxy) is 1. The molecule has 1 amide bonds. The maximum absolute atomic E-state index is 14.8. The highest BCUT2D eigenvalue weighted by atomic mass is 35.5. The number of rotatable bonds is 5. The van der Waals surface area contributed by atoms with Gasteiger partial charge in [0.2, 0.25) is 0 Å². The topological polar surface area (TPSA) is 122 Å². The molecule has 4 rings (SSSR count). The molecular weight excluding hydrogens is 411 g/mol. The SMILES string of the molecule is NC(=O)c1nnn(-c2ccccc2)c1-c1ccc(Oc2ccnc(N)c2Cl)c(F)c1. The van der Waals surface area contributed by atoms with Crippen molar-refractivity contribution < 1.29 is 13.9 Å². The van der Waals surface area contributed by atoms with Gasteiger partial charge in [-0.2, -0.15) is 0 Å². The van der Waals surface area contributed by atoms with Crippen LogP contribution in [0.15, 0.2) is 60.8 Å². The minimum absolute atomic E-state index is 0.0649. The van der Waals surface area contributed by atoms with Crippen LogP contribution in [0.5, 0.6) is 11.5 Å². The summed E-state index contributed by atoms with van der Waals surface area (Å²) in [6.07, 6.45) is 1.39. The minimum atomic E-state index is -0.785. The molecule has 10 heteroatoms. The van der Waals surface area contributed by atoms with Gasteiger partial charge in [-0.15, -0.1) is 5.10 Å². The van der Waals surface area contributed by atoms with Crippen LogP contribution in [0.25, 0.3) is 16.9 Å². The van der Waals surface area contributed by atoms with E-state index in [2.05, 4.69) is 15.3 Å². The Morgan fingerprint density at radius 2 is 1.87 bits per heavy atom. The summed E-state index contributed by atoms with van der Waals surface area (Å²) >= 11 is 6.05. The van der Waals surface area contributed by atoms with Crippen LogP contribution in [0.1, 0.15) is 10.5 Å². The Hall–Kier alpha value is -3.98. The summed E-state index contributed by atoms with van der Waals surface area (Å²) in [4.78, 5) is 15.7. The molecule has 0 saturated heterocycles. The molecule has 0 radical (unpaired) electrons. The molecule has 0 aliphatic heterocycles. The Balaban J connectivity index is 1.77. The standard InChI is InChI=1S/C20H14ClFN6O2/c21-16-15(8-9-25-19(16)23)30-14-7-6-11(10-13(14)22)18-17(20(24)29)26-27-28(18)12-4-2-1-3-5-12/h1-10H,(H2,23,25)(H2,24,29). The first-order valence-corrected chi connectivity index (χ1v) is 9.02. The number of para-hydroxylation sites is 1. The van der Waals surface area contributed by atoms with Gasteiger partial charge >= 0.3 is 0 Å². The highest BCUT2D eigenvalue weighted by Crippen LogP contribution is 2.35. The maximum Gasteiger partial charge on any atom is 0.271 e. The van der Waals surface area contributed by atoms with E-state index in [-0.39, 0.29) is 33.7 Å². The lowest BCUT2D eigenvalue weighted by atomic mass is 10.1. The summed E-state index contributed by atoms with van der Waals surface area (Å²) in [6, 6.07) is 14.6. The molecule has 0 spiro atoms. The fourth-order valence-electron chi connectivity index (χ4n) is 2.83. The number of halogens is 2. The number of primary amides is 1. The van der Waals surface area contributed by atoms with Gasteiger partial charge in [-0.25, -0.2) is 14.1 Å². The summed E-state index contributed by atoms with van der Waals surface area (Å²) in [5, 5.41) is 7.93. The normalized spacial score (nSPS) is 10.7. The zero-order valence-corrected chi connectivity index (χ0v) is 16.0. The minimum Gasteiger partial charge on any atom is -0.453 e. The zero-order chi connectivity index (χ0) is 21.3. The third-order valence-electron chi connectivity index (χ3n) is 4.21. The fourth-order valence-corrected chi connectivity index (χ4v) is 2.98. The van der Waals surface area contributed by atoms with Crippen molar-refractivity contribution in [3.8, 4) is 28.4 Å². The van der Waals surface area contributed by atoms with Crippen molar-refractivity contribution >= 4 is 23.3 Å². The summed E-state index contributed by atoms with van der Waals surface area (Å²) in [5.41, 5.74) is 12.2. The summed E-state index contributed by atoms with van der Waals surface area (Å²) in [5.74, 6) is -1.35. The van der Waals surface area contributed by atoms with Gasteiger partial charge in [-0.3, -0.25) is 4.79 Å². The number of nitrogen functional groups attached to an aromatic ring is 1. The summed E-state index contributed by atoms with van der Waals surface area (Å²) < 4.78 is 21.8. The number of hydrogen-bond donors (Lipinski definition) is 2. The molecule has 2 heterocycles. The van der Waals surface area contributed by atoms with Gasteiger partial charge in [0.1, 0.15) is 16.5 Å². The van der Waals surface area contributed by atoms with Gasteiger partial charge in [0, 0.05) is 17.8 Å². The summed E-state index contributed by atoms with van der Waals surface area (Å²) in [6.45, 7) is 0. The predicted molar refractivity (Wildman–Crippen MR) is 109 cm³/mol. The number of nitrogens with zero attached hydrogens (tertiary/aromatic N) is 4. The number of carbonyl (C=O) groups is 1. The number of anilines is 1. The van der Waals surface area contributed by atoms with Crippen LogP contribution in [0, 0.1) is 5.82 Å². The monoisotopic (exact) mass is 424 g/mol. The average molecular weight is 425 g/mol. The lowest BCUT2D eigenvalue weighted by Crippen LogP contribution is -2.13. The second-order valence-electron chi connectivity index (χ2n) is 6.15. The van der Waals surface area contributed by atoms with Crippen LogP contribution in [0.4, 0.5) is 10.2 Å². The number of amides is 1. The van der Waals surface area contributed by atoms with Crippen molar-refractivity contribution in [3.63, 3.8) is 0 Å². The Morgan fingerprint density at radius 3 is 2.57 bits per heavy atom. The number of aromatic nitrogens is 4. The van der Waals surface area contributed by atoms with E-state index in [1.54, 1.807) is 30.3 Å². The Bertz CT molecular complexity index is 1250. The second-order valence-corrected chi connectivity index (χ2v) is 6.53. The quantitative estimate of drug-likeness (QED) is 0.504. The van der Waals surface area contributed by atoms with E-state index in [4.69, 9.17) is 27.8 Å². The molecule has 150 valence electrons. The van der Waals surface area contributed by atoms with E-state index < -0.39 is 11.7 Å². The number of nitrogens with two attached hydrogens (primary N) is 2. The van der Waals surface area contributed by atoms with Gasteiger partial charge in [0.05, 0.1) is 5.69 Å². The molecule has 0 atom stereocenters. The number of carbonyl (C=O) groups excluding carboxylic acids is 1. The van der Waals surface area contributed by atoms with Crippen LogP contribution in [-0.2, 0) is 0 Å². The van der Waals surface area contributed by atoms with Crippen molar-refractivity contribution in [1.29, 1.82) is 0 Å². The molecule has 8 nitrogen and oxygen atoms in total. The lowest BCUT2D eigenvalue weighted by molar-refractivity contribution is 0.0996. The van der Waals surface area contributed by atoms with E-state index in [0.29, 0.717) is 11.3 Å².